The molecule has 2 heterocycles. The molecule has 0 bridgehead atoms. The lowest BCUT2D eigenvalue weighted by Gasteiger charge is -2.15. The van der Waals surface area contributed by atoms with E-state index < -0.39 is 0 Å². The van der Waals surface area contributed by atoms with Crippen molar-refractivity contribution in [2.24, 2.45) is 0 Å². The molecule has 0 atom stereocenters. The molecule has 28 heavy (non-hydrogen) atoms. The maximum absolute atomic E-state index is 12.0. The fraction of sp³-hybridized carbons (Fsp3) is 0.304. The number of rotatable bonds is 5. The summed E-state index contributed by atoms with van der Waals surface area (Å²) in [7, 11) is 1.85. The number of hydrogen-bond acceptors (Lipinski definition) is 2. The van der Waals surface area contributed by atoms with E-state index in [9.17, 15) is 4.79 Å². The highest BCUT2D eigenvalue weighted by molar-refractivity contribution is 5.82. The summed E-state index contributed by atoms with van der Waals surface area (Å²) in [4.78, 5) is 20.5. The molecule has 144 valence electrons. The van der Waals surface area contributed by atoms with Crippen LogP contribution in [0.5, 0.6) is 0 Å². The first kappa shape index (κ1) is 18.3. The molecule has 1 saturated heterocycles. The van der Waals surface area contributed by atoms with Crippen molar-refractivity contribution in [1.82, 2.24) is 19.4 Å². The topological polar surface area (TPSA) is 41.4 Å². The molecule has 1 aliphatic rings. The van der Waals surface area contributed by atoms with E-state index in [1.807, 2.05) is 11.9 Å². The molecule has 0 unspecified atom stereocenters. The van der Waals surface area contributed by atoms with E-state index in [0.717, 1.165) is 42.1 Å². The van der Waals surface area contributed by atoms with Crippen LogP contribution in [0.1, 0.15) is 29.4 Å². The molecule has 2 aromatic carbocycles. The van der Waals surface area contributed by atoms with Crippen LogP contribution in [0.25, 0.3) is 23.2 Å². The van der Waals surface area contributed by atoms with Crippen molar-refractivity contribution < 1.29 is 4.79 Å². The standard InChI is InChI=1S/C23H26N4O/c1-4-27-21(24-20-7-5-6-17(2)22(20)27)13-12-18-8-10-19(11-9-18)16-26-15-14-25(3)23(26)28/h5-13H,4,14-16H2,1-3H3/b13-12+. The van der Waals surface area contributed by atoms with Gasteiger partial charge in [-0.05, 0) is 42.7 Å². The van der Waals surface area contributed by atoms with Gasteiger partial charge in [0, 0.05) is 33.2 Å². The van der Waals surface area contributed by atoms with Gasteiger partial charge in [-0.15, -0.1) is 0 Å². The fourth-order valence-corrected chi connectivity index (χ4v) is 3.81. The van der Waals surface area contributed by atoms with E-state index in [-0.39, 0.29) is 6.03 Å². The van der Waals surface area contributed by atoms with Crippen LogP contribution in [-0.4, -0.2) is 45.5 Å². The Hall–Kier alpha value is -3.08. The molecule has 0 spiro atoms. The Labute approximate surface area is 165 Å². The normalized spacial score (nSPS) is 14.8. The highest BCUT2D eigenvalue weighted by Gasteiger charge is 2.24. The van der Waals surface area contributed by atoms with Crippen LogP contribution in [-0.2, 0) is 13.1 Å². The van der Waals surface area contributed by atoms with Crippen LogP contribution < -0.4 is 0 Å². The van der Waals surface area contributed by atoms with E-state index in [0.29, 0.717) is 6.54 Å². The van der Waals surface area contributed by atoms with Gasteiger partial charge in [0.1, 0.15) is 5.82 Å². The molecule has 0 aliphatic carbocycles. The second-order valence-electron chi connectivity index (χ2n) is 7.36. The summed E-state index contributed by atoms with van der Waals surface area (Å²) >= 11 is 0. The molecule has 3 aromatic rings. The first-order valence-electron chi connectivity index (χ1n) is 9.79. The molecular formula is C23H26N4O. The Morgan fingerprint density at radius 3 is 2.54 bits per heavy atom. The minimum Gasteiger partial charge on any atom is -0.326 e. The lowest BCUT2D eigenvalue weighted by Crippen LogP contribution is -2.28. The Bertz CT molecular complexity index is 1030. The molecule has 0 radical (unpaired) electrons. The largest absolute Gasteiger partial charge is 0.326 e. The van der Waals surface area contributed by atoms with Crippen molar-refractivity contribution in [3.63, 3.8) is 0 Å². The zero-order valence-electron chi connectivity index (χ0n) is 16.7. The number of aryl methyl sites for hydroxylation is 2. The lowest BCUT2D eigenvalue weighted by atomic mass is 10.1. The first-order valence-corrected chi connectivity index (χ1v) is 9.79. The monoisotopic (exact) mass is 374 g/mol. The molecule has 2 amide bonds. The van der Waals surface area contributed by atoms with Crippen LogP contribution in [0.3, 0.4) is 0 Å². The van der Waals surface area contributed by atoms with Gasteiger partial charge in [-0.1, -0.05) is 42.5 Å². The van der Waals surface area contributed by atoms with Gasteiger partial charge in [-0.3, -0.25) is 0 Å². The Morgan fingerprint density at radius 2 is 1.86 bits per heavy atom. The van der Waals surface area contributed by atoms with E-state index in [1.165, 1.54) is 11.1 Å². The lowest BCUT2D eigenvalue weighted by molar-refractivity contribution is 0.197. The minimum atomic E-state index is 0.109. The van der Waals surface area contributed by atoms with Crippen molar-refractivity contribution in [2.75, 3.05) is 20.1 Å². The predicted octanol–water partition coefficient (Wildman–Crippen LogP) is 4.40. The molecule has 1 fully saturated rings. The average molecular weight is 374 g/mol. The Morgan fingerprint density at radius 1 is 1.07 bits per heavy atom. The van der Waals surface area contributed by atoms with Gasteiger partial charge in [0.25, 0.3) is 0 Å². The Kier molecular flexibility index (Phi) is 4.90. The van der Waals surface area contributed by atoms with Gasteiger partial charge in [0.15, 0.2) is 0 Å². The molecule has 5 nitrogen and oxygen atoms in total. The molecule has 1 aliphatic heterocycles. The maximum atomic E-state index is 12.0. The first-order chi connectivity index (χ1) is 13.6. The van der Waals surface area contributed by atoms with E-state index in [1.54, 1.807) is 4.90 Å². The number of likely N-dealkylation sites (N-methyl/N-ethyl adjacent to an activating group) is 1. The van der Waals surface area contributed by atoms with Gasteiger partial charge >= 0.3 is 6.03 Å². The van der Waals surface area contributed by atoms with Crippen molar-refractivity contribution in [2.45, 2.75) is 26.9 Å². The molecule has 0 N–H and O–H groups in total. The summed E-state index contributed by atoms with van der Waals surface area (Å²) in [6.45, 7) is 7.43. The highest BCUT2D eigenvalue weighted by Crippen LogP contribution is 2.21. The minimum absolute atomic E-state index is 0.109. The number of urea groups is 1. The maximum Gasteiger partial charge on any atom is 0.320 e. The number of nitrogens with zero attached hydrogens (tertiary/aromatic N) is 4. The molecule has 0 saturated carbocycles. The third-order valence-electron chi connectivity index (χ3n) is 5.39. The second-order valence-corrected chi connectivity index (χ2v) is 7.36. The number of imidazole rings is 1. The van der Waals surface area contributed by atoms with Gasteiger partial charge in [-0.2, -0.15) is 0 Å². The number of hydrogen-bond donors (Lipinski definition) is 0. The smallest absolute Gasteiger partial charge is 0.320 e. The van der Waals surface area contributed by atoms with Crippen molar-refractivity contribution in [1.29, 1.82) is 0 Å². The highest BCUT2D eigenvalue weighted by atomic mass is 16.2. The summed E-state index contributed by atoms with van der Waals surface area (Å²) in [5.41, 5.74) is 5.77. The van der Waals surface area contributed by atoms with Crippen molar-refractivity contribution in [3.8, 4) is 0 Å². The van der Waals surface area contributed by atoms with Crippen LogP contribution in [0.2, 0.25) is 0 Å². The predicted molar refractivity (Wildman–Crippen MR) is 114 cm³/mol. The van der Waals surface area contributed by atoms with Gasteiger partial charge in [-0.25, -0.2) is 9.78 Å². The number of carbonyl (C=O) groups is 1. The second kappa shape index (κ2) is 7.50. The van der Waals surface area contributed by atoms with E-state index in [4.69, 9.17) is 4.98 Å². The fourth-order valence-electron chi connectivity index (χ4n) is 3.81. The van der Waals surface area contributed by atoms with Crippen LogP contribution in [0.4, 0.5) is 4.79 Å². The van der Waals surface area contributed by atoms with Gasteiger partial charge in [0.2, 0.25) is 0 Å². The Balaban J connectivity index is 1.52. The molecule has 4 rings (SSSR count). The average Bonchev–Trinajstić information content (AvgIpc) is 3.22. The summed E-state index contributed by atoms with van der Waals surface area (Å²) in [5.74, 6) is 0.974. The quantitative estimate of drug-likeness (QED) is 0.664. The molecule has 5 heteroatoms. The SMILES string of the molecule is CCn1c(/C=C/c2ccc(CN3CCN(C)C3=O)cc2)nc2cccc(C)c21. The van der Waals surface area contributed by atoms with E-state index >= 15 is 0 Å². The van der Waals surface area contributed by atoms with Crippen molar-refractivity contribution >= 4 is 29.2 Å². The third kappa shape index (κ3) is 3.40. The van der Waals surface area contributed by atoms with Gasteiger partial charge in [0.05, 0.1) is 11.0 Å². The number of fused-ring (bicyclic) bond motifs is 1. The summed E-state index contributed by atoms with van der Waals surface area (Å²) < 4.78 is 2.25. The number of carbonyl (C=O) groups excluding carboxylic acids is 1. The third-order valence-corrected chi connectivity index (χ3v) is 5.39. The number of para-hydroxylation sites is 1. The van der Waals surface area contributed by atoms with Crippen molar-refractivity contribution in [3.05, 3.63) is 65.0 Å². The number of benzene rings is 2. The molecule has 1 aromatic heterocycles. The van der Waals surface area contributed by atoms with E-state index in [2.05, 4.69) is 73.0 Å². The summed E-state index contributed by atoms with van der Waals surface area (Å²) in [6.07, 6.45) is 4.18. The number of amides is 2. The van der Waals surface area contributed by atoms with Gasteiger partial charge < -0.3 is 14.4 Å². The summed E-state index contributed by atoms with van der Waals surface area (Å²) in [6, 6.07) is 14.7. The number of aromatic nitrogens is 2. The molecular weight excluding hydrogens is 348 g/mol. The van der Waals surface area contributed by atoms with Crippen LogP contribution in [0, 0.1) is 6.92 Å². The summed E-state index contributed by atoms with van der Waals surface area (Å²) in [5, 5.41) is 0. The zero-order valence-corrected chi connectivity index (χ0v) is 16.7. The van der Waals surface area contributed by atoms with Crippen LogP contribution >= 0.6 is 0 Å². The zero-order chi connectivity index (χ0) is 19.7. The van der Waals surface area contributed by atoms with Crippen LogP contribution in [0.15, 0.2) is 42.5 Å².